The van der Waals surface area contributed by atoms with Gasteiger partial charge < -0.3 is 10.0 Å². The predicted octanol–water partition coefficient (Wildman–Crippen LogP) is 6.58. The largest absolute Gasteiger partial charge is 0.507 e. The summed E-state index contributed by atoms with van der Waals surface area (Å²) in [5.74, 6) is 0.323. The Kier molecular flexibility index (Phi) is 6.59. The van der Waals surface area contributed by atoms with E-state index >= 15 is 0 Å². The van der Waals surface area contributed by atoms with Crippen molar-refractivity contribution >= 4 is 17.6 Å². The Bertz CT molecular complexity index is 835. The molecule has 2 aromatic carbocycles. The van der Waals surface area contributed by atoms with E-state index < -0.39 is 0 Å². The Labute approximate surface area is 171 Å². The molecule has 0 fully saturated rings. The van der Waals surface area contributed by atoms with Crippen LogP contribution in [0.3, 0.4) is 0 Å². The zero-order chi connectivity index (χ0) is 21.1. The summed E-state index contributed by atoms with van der Waals surface area (Å²) >= 11 is 0. The van der Waals surface area contributed by atoms with Crippen LogP contribution >= 0.6 is 0 Å². The van der Waals surface area contributed by atoms with Crippen molar-refractivity contribution in [2.75, 3.05) is 18.0 Å². The topological polar surface area (TPSA) is 35.8 Å². The monoisotopic (exact) mass is 380 g/mol. The first-order valence-corrected chi connectivity index (χ1v) is 10.2. The standard InChI is InChI=1S/C25H36N2O/c1-9-27(10-2)21-13-11-12-20(16-21)26-17-18-14-19(24(3,4)5)15-22(23(18)28)25(6,7)8/h11-17,28H,9-10H2,1-8H3. The lowest BCUT2D eigenvalue weighted by Crippen LogP contribution is -2.21. The summed E-state index contributed by atoms with van der Waals surface area (Å²) < 4.78 is 0. The molecule has 152 valence electrons. The molecule has 0 aliphatic heterocycles. The van der Waals surface area contributed by atoms with Crippen molar-refractivity contribution in [3.8, 4) is 5.75 Å². The number of aliphatic imine (C=N–C) groups is 1. The Morgan fingerprint density at radius 1 is 0.929 bits per heavy atom. The maximum Gasteiger partial charge on any atom is 0.128 e. The Balaban J connectivity index is 2.50. The lowest BCUT2D eigenvalue weighted by molar-refractivity contribution is 0.444. The highest BCUT2D eigenvalue weighted by molar-refractivity contribution is 5.87. The van der Waals surface area contributed by atoms with Crippen molar-refractivity contribution in [1.29, 1.82) is 0 Å². The third-order valence-electron chi connectivity index (χ3n) is 5.12. The van der Waals surface area contributed by atoms with Crippen LogP contribution in [-0.4, -0.2) is 24.4 Å². The van der Waals surface area contributed by atoms with Gasteiger partial charge in [-0.15, -0.1) is 0 Å². The van der Waals surface area contributed by atoms with Gasteiger partial charge in [0.15, 0.2) is 0 Å². The molecule has 1 N–H and O–H groups in total. The second-order valence-electron chi connectivity index (χ2n) is 9.41. The maximum absolute atomic E-state index is 10.9. The summed E-state index contributed by atoms with van der Waals surface area (Å²) in [5, 5.41) is 10.9. The highest BCUT2D eigenvalue weighted by Crippen LogP contribution is 2.37. The molecule has 28 heavy (non-hydrogen) atoms. The van der Waals surface area contributed by atoms with Gasteiger partial charge in [-0.2, -0.15) is 0 Å². The van der Waals surface area contributed by atoms with Crippen LogP contribution in [0.4, 0.5) is 11.4 Å². The summed E-state index contributed by atoms with van der Waals surface area (Å²) in [6, 6.07) is 12.4. The van der Waals surface area contributed by atoms with E-state index in [9.17, 15) is 5.11 Å². The lowest BCUT2D eigenvalue weighted by atomic mass is 9.79. The number of phenols is 1. The molecule has 0 atom stereocenters. The van der Waals surface area contributed by atoms with Crippen LogP contribution in [0.2, 0.25) is 0 Å². The third kappa shape index (κ3) is 5.15. The quantitative estimate of drug-likeness (QED) is 0.594. The fourth-order valence-corrected chi connectivity index (χ4v) is 3.26. The second kappa shape index (κ2) is 8.38. The minimum absolute atomic E-state index is 0.00103. The van der Waals surface area contributed by atoms with Crippen molar-refractivity contribution in [2.24, 2.45) is 4.99 Å². The minimum Gasteiger partial charge on any atom is -0.507 e. The van der Waals surface area contributed by atoms with Crippen molar-refractivity contribution in [3.63, 3.8) is 0 Å². The molecule has 0 aromatic heterocycles. The molecule has 2 aromatic rings. The smallest absolute Gasteiger partial charge is 0.128 e. The highest BCUT2D eigenvalue weighted by atomic mass is 16.3. The van der Waals surface area contributed by atoms with Crippen LogP contribution in [0.5, 0.6) is 5.75 Å². The van der Waals surface area contributed by atoms with Crippen molar-refractivity contribution < 1.29 is 5.11 Å². The minimum atomic E-state index is -0.142. The van der Waals surface area contributed by atoms with Gasteiger partial charge in [-0.25, -0.2) is 0 Å². The SMILES string of the molecule is CCN(CC)c1cccc(N=Cc2cc(C(C)(C)C)cc(C(C)(C)C)c2O)c1. The molecule has 0 aliphatic carbocycles. The molecule has 0 saturated heterocycles. The van der Waals surface area contributed by atoms with Gasteiger partial charge in [0.25, 0.3) is 0 Å². The molecule has 3 heteroatoms. The molecule has 0 spiro atoms. The average Bonchev–Trinajstić information content (AvgIpc) is 2.60. The van der Waals surface area contributed by atoms with E-state index in [0.29, 0.717) is 5.75 Å². The van der Waals surface area contributed by atoms with Gasteiger partial charge in [-0.05, 0) is 54.5 Å². The van der Waals surface area contributed by atoms with Crippen LogP contribution in [-0.2, 0) is 10.8 Å². The second-order valence-corrected chi connectivity index (χ2v) is 9.41. The average molecular weight is 381 g/mol. The van der Waals surface area contributed by atoms with E-state index in [-0.39, 0.29) is 10.8 Å². The van der Waals surface area contributed by atoms with Gasteiger partial charge in [-0.3, -0.25) is 4.99 Å². The predicted molar refractivity (Wildman–Crippen MR) is 123 cm³/mol. The Hall–Kier alpha value is -2.29. The first kappa shape index (κ1) is 22.0. The number of benzene rings is 2. The molecular weight excluding hydrogens is 344 g/mol. The molecule has 0 bridgehead atoms. The van der Waals surface area contributed by atoms with Gasteiger partial charge >= 0.3 is 0 Å². The van der Waals surface area contributed by atoms with Crippen molar-refractivity contribution in [1.82, 2.24) is 0 Å². The number of rotatable bonds is 5. The molecule has 3 nitrogen and oxygen atoms in total. The molecule has 0 amide bonds. The lowest BCUT2D eigenvalue weighted by Gasteiger charge is -2.27. The zero-order valence-corrected chi connectivity index (χ0v) is 18.8. The summed E-state index contributed by atoms with van der Waals surface area (Å²) in [7, 11) is 0. The molecular formula is C25H36N2O. The van der Waals surface area contributed by atoms with E-state index in [1.54, 1.807) is 6.21 Å². The van der Waals surface area contributed by atoms with Gasteiger partial charge in [0.1, 0.15) is 5.75 Å². The van der Waals surface area contributed by atoms with Gasteiger partial charge in [-0.1, -0.05) is 53.7 Å². The third-order valence-corrected chi connectivity index (χ3v) is 5.12. The zero-order valence-electron chi connectivity index (χ0n) is 18.8. The molecule has 2 rings (SSSR count). The van der Waals surface area contributed by atoms with E-state index in [1.165, 1.54) is 11.3 Å². The maximum atomic E-state index is 10.9. The molecule has 0 radical (unpaired) electrons. The van der Waals surface area contributed by atoms with Gasteiger partial charge in [0, 0.05) is 36.1 Å². The van der Waals surface area contributed by atoms with Gasteiger partial charge in [0.05, 0.1) is 5.69 Å². The van der Waals surface area contributed by atoms with Gasteiger partial charge in [0.2, 0.25) is 0 Å². The highest BCUT2D eigenvalue weighted by Gasteiger charge is 2.24. The number of anilines is 1. The number of hydrogen-bond donors (Lipinski definition) is 1. The van der Waals surface area contributed by atoms with Crippen molar-refractivity contribution in [3.05, 3.63) is 53.1 Å². The molecule has 0 heterocycles. The Morgan fingerprint density at radius 3 is 2.11 bits per heavy atom. The van der Waals surface area contributed by atoms with E-state index in [4.69, 9.17) is 0 Å². The first-order chi connectivity index (χ1) is 13.0. The summed E-state index contributed by atoms with van der Waals surface area (Å²) in [6.45, 7) is 19.2. The van der Waals surface area contributed by atoms with Crippen molar-refractivity contribution in [2.45, 2.75) is 66.2 Å². The number of nitrogens with zero attached hydrogens (tertiary/aromatic N) is 2. The fraction of sp³-hybridized carbons (Fsp3) is 0.480. The summed E-state index contributed by atoms with van der Waals surface area (Å²) in [4.78, 5) is 6.98. The van der Waals surface area contributed by atoms with Crippen LogP contribution in [0.15, 0.2) is 41.4 Å². The van der Waals surface area contributed by atoms with E-state index in [0.717, 1.165) is 29.9 Å². The summed E-state index contributed by atoms with van der Waals surface area (Å²) in [6.07, 6.45) is 1.79. The molecule has 0 saturated carbocycles. The number of phenolic OH excluding ortho intramolecular Hbond substituents is 1. The number of hydrogen-bond acceptors (Lipinski definition) is 3. The van der Waals surface area contributed by atoms with Crippen LogP contribution in [0.25, 0.3) is 0 Å². The van der Waals surface area contributed by atoms with Crippen LogP contribution < -0.4 is 4.90 Å². The summed E-state index contributed by atoms with van der Waals surface area (Å²) in [5.41, 5.74) is 4.85. The van der Waals surface area contributed by atoms with E-state index in [2.05, 4.69) is 89.5 Å². The normalized spacial score (nSPS) is 12.6. The number of aromatic hydroxyl groups is 1. The Morgan fingerprint density at radius 2 is 1.57 bits per heavy atom. The molecule has 0 unspecified atom stereocenters. The first-order valence-electron chi connectivity index (χ1n) is 10.2. The van der Waals surface area contributed by atoms with Crippen LogP contribution in [0.1, 0.15) is 72.1 Å². The molecule has 0 aliphatic rings. The van der Waals surface area contributed by atoms with E-state index in [1.807, 2.05) is 12.1 Å². The fourth-order valence-electron chi connectivity index (χ4n) is 3.26. The van der Waals surface area contributed by atoms with Crippen LogP contribution in [0, 0.1) is 0 Å².